The molecule has 5 nitrogen and oxygen atoms in total. The van der Waals surface area contributed by atoms with Crippen molar-refractivity contribution in [2.24, 2.45) is 13.0 Å². The highest BCUT2D eigenvalue weighted by molar-refractivity contribution is 5.93. The maximum Gasteiger partial charge on any atom is 0.256 e. The molecule has 0 aliphatic carbocycles. The number of benzene rings is 1. The second-order valence-electron chi connectivity index (χ2n) is 6.94. The van der Waals surface area contributed by atoms with E-state index in [0.717, 1.165) is 44.6 Å². The van der Waals surface area contributed by atoms with Crippen LogP contribution in [-0.4, -0.2) is 52.2 Å². The molecule has 1 aromatic heterocycles. The number of hydrogen-bond acceptors (Lipinski definition) is 3. The Hall–Kier alpha value is -2.21. The van der Waals surface area contributed by atoms with Crippen molar-refractivity contribution in [2.45, 2.75) is 19.4 Å². The molecule has 1 amide bonds. The third-order valence-corrected chi connectivity index (χ3v) is 4.83. The van der Waals surface area contributed by atoms with Crippen LogP contribution in [-0.2, 0) is 13.6 Å². The zero-order valence-corrected chi connectivity index (χ0v) is 14.9. The molecular formula is C19H25FN4O. The Morgan fingerprint density at radius 1 is 1.36 bits per heavy atom. The predicted molar refractivity (Wildman–Crippen MR) is 94.6 cm³/mol. The Morgan fingerprint density at radius 3 is 2.76 bits per heavy atom. The summed E-state index contributed by atoms with van der Waals surface area (Å²) in [6.07, 6.45) is 5.47. The summed E-state index contributed by atoms with van der Waals surface area (Å²) in [6.45, 7) is 3.52. The van der Waals surface area contributed by atoms with Crippen LogP contribution in [0.2, 0.25) is 0 Å². The SMILES string of the molecule is CN(CC1CCN(Cc2cccc(F)c2)CC1)C(=O)c1cnn(C)c1. The van der Waals surface area contributed by atoms with Crippen molar-refractivity contribution in [1.29, 1.82) is 0 Å². The Morgan fingerprint density at radius 2 is 2.12 bits per heavy atom. The van der Waals surface area contributed by atoms with E-state index < -0.39 is 0 Å². The van der Waals surface area contributed by atoms with E-state index in [1.165, 1.54) is 6.07 Å². The molecule has 0 atom stereocenters. The molecule has 0 radical (unpaired) electrons. The number of aromatic nitrogens is 2. The predicted octanol–water partition coefficient (Wildman–Crippen LogP) is 2.54. The van der Waals surface area contributed by atoms with Gasteiger partial charge in [-0.05, 0) is 49.5 Å². The third-order valence-electron chi connectivity index (χ3n) is 4.83. The van der Waals surface area contributed by atoms with E-state index in [4.69, 9.17) is 0 Å². The van der Waals surface area contributed by atoms with E-state index in [-0.39, 0.29) is 11.7 Å². The topological polar surface area (TPSA) is 41.4 Å². The van der Waals surface area contributed by atoms with Crippen molar-refractivity contribution in [3.8, 4) is 0 Å². The number of hydrogen-bond donors (Lipinski definition) is 0. The lowest BCUT2D eigenvalue weighted by Gasteiger charge is -2.33. The van der Waals surface area contributed by atoms with Gasteiger partial charge < -0.3 is 4.90 Å². The molecule has 1 saturated heterocycles. The van der Waals surface area contributed by atoms with Crippen molar-refractivity contribution >= 4 is 5.91 Å². The number of nitrogens with zero attached hydrogens (tertiary/aromatic N) is 4. The van der Waals surface area contributed by atoms with Crippen LogP contribution in [0.1, 0.15) is 28.8 Å². The first-order valence-electron chi connectivity index (χ1n) is 8.72. The minimum absolute atomic E-state index is 0.0234. The smallest absolute Gasteiger partial charge is 0.256 e. The first-order valence-corrected chi connectivity index (χ1v) is 8.72. The molecule has 134 valence electrons. The van der Waals surface area contributed by atoms with Crippen LogP contribution in [0.5, 0.6) is 0 Å². The van der Waals surface area contributed by atoms with E-state index in [1.54, 1.807) is 34.1 Å². The number of rotatable bonds is 5. The largest absolute Gasteiger partial charge is 0.341 e. The molecule has 1 aromatic carbocycles. The van der Waals surface area contributed by atoms with Gasteiger partial charge in [0.05, 0.1) is 11.8 Å². The number of piperidine rings is 1. The second kappa shape index (κ2) is 7.78. The summed E-state index contributed by atoms with van der Waals surface area (Å²) in [6, 6.07) is 6.81. The first-order chi connectivity index (χ1) is 12.0. The van der Waals surface area contributed by atoms with Crippen molar-refractivity contribution in [3.63, 3.8) is 0 Å². The molecule has 0 saturated carbocycles. The van der Waals surface area contributed by atoms with E-state index >= 15 is 0 Å². The summed E-state index contributed by atoms with van der Waals surface area (Å²) in [4.78, 5) is 16.5. The zero-order valence-electron chi connectivity index (χ0n) is 14.9. The average Bonchev–Trinajstić information content (AvgIpc) is 3.02. The lowest BCUT2D eigenvalue weighted by Crippen LogP contribution is -2.39. The highest BCUT2D eigenvalue weighted by Gasteiger charge is 2.23. The molecule has 2 aromatic rings. The van der Waals surface area contributed by atoms with Gasteiger partial charge >= 0.3 is 0 Å². The van der Waals surface area contributed by atoms with Gasteiger partial charge in [0, 0.05) is 33.4 Å². The van der Waals surface area contributed by atoms with Crippen molar-refractivity contribution in [3.05, 3.63) is 53.6 Å². The van der Waals surface area contributed by atoms with E-state index in [1.807, 2.05) is 20.2 Å². The molecule has 1 fully saturated rings. The Bertz CT molecular complexity index is 722. The van der Waals surface area contributed by atoms with Crippen molar-refractivity contribution in [1.82, 2.24) is 19.6 Å². The van der Waals surface area contributed by atoms with Gasteiger partial charge in [-0.2, -0.15) is 5.10 Å². The third kappa shape index (κ3) is 4.66. The second-order valence-corrected chi connectivity index (χ2v) is 6.94. The molecule has 6 heteroatoms. The quantitative estimate of drug-likeness (QED) is 0.837. The fraction of sp³-hybridized carbons (Fsp3) is 0.474. The fourth-order valence-corrected chi connectivity index (χ4v) is 3.44. The molecule has 3 rings (SSSR count). The normalized spacial score (nSPS) is 16.1. The summed E-state index contributed by atoms with van der Waals surface area (Å²) < 4.78 is 14.9. The number of halogens is 1. The lowest BCUT2D eigenvalue weighted by atomic mass is 9.95. The number of carbonyl (C=O) groups excluding carboxylic acids is 1. The first kappa shape index (κ1) is 17.6. The van der Waals surface area contributed by atoms with Crippen LogP contribution < -0.4 is 0 Å². The molecule has 2 heterocycles. The molecule has 1 aliphatic rings. The minimum atomic E-state index is -0.178. The van der Waals surface area contributed by atoms with Crippen molar-refractivity contribution in [2.75, 3.05) is 26.7 Å². The molecule has 0 N–H and O–H groups in total. The molecule has 0 bridgehead atoms. The van der Waals surface area contributed by atoms with E-state index in [2.05, 4.69) is 10.00 Å². The Kier molecular flexibility index (Phi) is 5.48. The Balaban J connectivity index is 1.46. The standard InChI is InChI=1S/C19H25FN4O/c1-22(19(25)17-11-21-23(2)14-17)12-15-6-8-24(9-7-15)13-16-4-3-5-18(20)10-16/h3-5,10-11,14-15H,6-9,12-13H2,1-2H3. The summed E-state index contributed by atoms with van der Waals surface area (Å²) in [5.41, 5.74) is 1.65. The molecule has 25 heavy (non-hydrogen) atoms. The van der Waals surface area contributed by atoms with E-state index in [0.29, 0.717) is 11.5 Å². The summed E-state index contributed by atoms with van der Waals surface area (Å²) >= 11 is 0. The molecule has 1 aliphatic heterocycles. The molecular weight excluding hydrogens is 319 g/mol. The number of likely N-dealkylation sites (tertiary alicyclic amines) is 1. The van der Waals surface area contributed by atoms with Gasteiger partial charge in [-0.15, -0.1) is 0 Å². The zero-order chi connectivity index (χ0) is 17.8. The van der Waals surface area contributed by atoms with E-state index in [9.17, 15) is 9.18 Å². The van der Waals surface area contributed by atoms with Crippen LogP contribution >= 0.6 is 0 Å². The average molecular weight is 344 g/mol. The minimum Gasteiger partial charge on any atom is -0.341 e. The van der Waals surface area contributed by atoms with Crippen molar-refractivity contribution < 1.29 is 9.18 Å². The van der Waals surface area contributed by atoms with Gasteiger partial charge in [-0.1, -0.05) is 12.1 Å². The van der Waals surface area contributed by atoms with Gasteiger partial charge in [0.2, 0.25) is 0 Å². The summed E-state index contributed by atoms with van der Waals surface area (Å²) in [5, 5.41) is 4.06. The summed E-state index contributed by atoms with van der Waals surface area (Å²) in [5.74, 6) is 0.354. The number of carbonyl (C=O) groups is 1. The lowest BCUT2D eigenvalue weighted by molar-refractivity contribution is 0.0737. The van der Waals surface area contributed by atoms with Gasteiger partial charge in [0.25, 0.3) is 5.91 Å². The molecule has 0 unspecified atom stereocenters. The van der Waals surface area contributed by atoms with Gasteiger partial charge in [0.15, 0.2) is 0 Å². The van der Waals surface area contributed by atoms with Crippen LogP contribution in [0.4, 0.5) is 4.39 Å². The van der Waals surface area contributed by atoms with Crippen LogP contribution in [0.15, 0.2) is 36.7 Å². The van der Waals surface area contributed by atoms with Gasteiger partial charge in [0.1, 0.15) is 5.82 Å². The fourth-order valence-electron chi connectivity index (χ4n) is 3.44. The Labute approximate surface area is 148 Å². The molecule has 0 spiro atoms. The van der Waals surface area contributed by atoms with Crippen LogP contribution in [0, 0.1) is 11.7 Å². The maximum atomic E-state index is 13.3. The monoisotopic (exact) mass is 344 g/mol. The number of aryl methyl sites for hydroxylation is 1. The maximum absolute atomic E-state index is 13.3. The highest BCUT2D eigenvalue weighted by Crippen LogP contribution is 2.20. The van der Waals surface area contributed by atoms with Crippen LogP contribution in [0.3, 0.4) is 0 Å². The van der Waals surface area contributed by atoms with Gasteiger partial charge in [-0.25, -0.2) is 4.39 Å². The summed E-state index contributed by atoms with van der Waals surface area (Å²) in [7, 11) is 3.67. The van der Waals surface area contributed by atoms with Gasteiger partial charge in [-0.3, -0.25) is 14.4 Å². The number of amides is 1. The highest BCUT2D eigenvalue weighted by atomic mass is 19.1. The van der Waals surface area contributed by atoms with Crippen LogP contribution in [0.25, 0.3) is 0 Å².